The fourth-order valence-electron chi connectivity index (χ4n) is 1.58. The van der Waals surface area contributed by atoms with Gasteiger partial charge in [0.05, 0.1) is 25.5 Å². The van der Waals surface area contributed by atoms with E-state index in [2.05, 4.69) is 15.3 Å². The molecule has 2 rings (SSSR count). The van der Waals surface area contributed by atoms with Gasteiger partial charge >= 0.3 is 0 Å². The number of ether oxygens (including phenoxy) is 2. The average Bonchev–Trinajstić information content (AvgIpc) is 2.47. The third-order valence-electron chi connectivity index (χ3n) is 2.56. The van der Waals surface area contributed by atoms with E-state index in [1.54, 1.807) is 12.1 Å². The van der Waals surface area contributed by atoms with Gasteiger partial charge in [-0.1, -0.05) is 11.6 Å². The topological polar surface area (TPSA) is 81.5 Å². The van der Waals surface area contributed by atoms with Crippen LogP contribution in [-0.2, 0) is 0 Å². The SMILES string of the molecule is COc1ccc(/C=N\n2c(=O)cn[nH]c2=S)c(Cl)c1OC. The van der Waals surface area contributed by atoms with Crippen molar-refractivity contribution in [2.24, 2.45) is 5.10 Å². The summed E-state index contributed by atoms with van der Waals surface area (Å²) in [4.78, 5) is 11.6. The monoisotopic (exact) mass is 326 g/mol. The smallest absolute Gasteiger partial charge is 0.293 e. The predicted octanol–water partition coefficient (Wildman–Crippen LogP) is 1.85. The van der Waals surface area contributed by atoms with Crippen LogP contribution in [0, 0.1) is 4.77 Å². The fourth-order valence-corrected chi connectivity index (χ4v) is 2.05. The van der Waals surface area contributed by atoms with Crippen LogP contribution in [-0.4, -0.2) is 35.3 Å². The molecule has 0 spiro atoms. The molecule has 0 aliphatic heterocycles. The number of H-pyrrole nitrogens is 1. The first kappa shape index (κ1) is 15.2. The minimum atomic E-state index is -0.452. The molecule has 0 saturated heterocycles. The van der Waals surface area contributed by atoms with E-state index < -0.39 is 5.56 Å². The Balaban J connectivity index is 2.47. The maximum Gasteiger partial charge on any atom is 0.293 e. The summed E-state index contributed by atoms with van der Waals surface area (Å²) in [5.41, 5.74) is 0.0963. The van der Waals surface area contributed by atoms with E-state index in [1.807, 2.05) is 0 Å². The van der Waals surface area contributed by atoms with Crippen molar-refractivity contribution in [3.05, 3.63) is 44.0 Å². The molecule has 0 amide bonds. The molecule has 0 fully saturated rings. The Morgan fingerprint density at radius 2 is 2.19 bits per heavy atom. The molecule has 0 aliphatic rings. The van der Waals surface area contributed by atoms with Crippen molar-refractivity contribution in [2.45, 2.75) is 0 Å². The number of rotatable bonds is 4. The van der Waals surface area contributed by atoms with E-state index in [1.165, 1.54) is 20.4 Å². The molecule has 0 atom stereocenters. The van der Waals surface area contributed by atoms with E-state index in [9.17, 15) is 4.79 Å². The molecule has 0 bridgehead atoms. The van der Waals surface area contributed by atoms with Crippen molar-refractivity contribution in [3.8, 4) is 11.5 Å². The van der Waals surface area contributed by atoms with Crippen LogP contribution in [0.15, 0.2) is 28.2 Å². The number of hydrogen-bond donors (Lipinski definition) is 1. The first-order chi connectivity index (χ1) is 10.1. The summed E-state index contributed by atoms with van der Waals surface area (Å²) in [6.45, 7) is 0. The number of aromatic nitrogens is 3. The number of methoxy groups -OCH3 is 2. The Hall–Kier alpha value is -2.19. The highest BCUT2D eigenvalue weighted by Crippen LogP contribution is 2.36. The van der Waals surface area contributed by atoms with Gasteiger partial charge in [-0.25, -0.2) is 0 Å². The van der Waals surface area contributed by atoms with Crippen LogP contribution in [0.4, 0.5) is 0 Å². The third kappa shape index (κ3) is 3.11. The van der Waals surface area contributed by atoms with E-state index in [0.717, 1.165) is 10.9 Å². The minimum Gasteiger partial charge on any atom is -0.493 e. The summed E-state index contributed by atoms with van der Waals surface area (Å²) in [6, 6.07) is 3.37. The van der Waals surface area contributed by atoms with Crippen molar-refractivity contribution in [1.82, 2.24) is 14.9 Å². The number of halogens is 1. The Morgan fingerprint density at radius 1 is 1.43 bits per heavy atom. The largest absolute Gasteiger partial charge is 0.493 e. The highest BCUT2D eigenvalue weighted by Gasteiger charge is 2.11. The number of hydrogen-bond acceptors (Lipinski definition) is 6. The quantitative estimate of drug-likeness (QED) is 0.685. The molecule has 21 heavy (non-hydrogen) atoms. The van der Waals surface area contributed by atoms with Gasteiger partial charge in [0.2, 0.25) is 4.77 Å². The average molecular weight is 327 g/mol. The van der Waals surface area contributed by atoms with Crippen LogP contribution in [0.5, 0.6) is 11.5 Å². The lowest BCUT2D eigenvalue weighted by atomic mass is 10.2. The summed E-state index contributed by atoms with van der Waals surface area (Å²) < 4.78 is 11.4. The maximum absolute atomic E-state index is 11.6. The zero-order valence-electron chi connectivity index (χ0n) is 11.2. The van der Waals surface area contributed by atoms with E-state index in [0.29, 0.717) is 22.1 Å². The molecule has 110 valence electrons. The van der Waals surface area contributed by atoms with E-state index >= 15 is 0 Å². The standard InChI is InChI=1S/C12H11ClN4O3S/c1-19-8-4-3-7(10(13)11(8)20-2)5-15-17-9(18)6-14-16-12(17)21/h3-6H,1-2H3,(H,16,21)/b15-5-. The van der Waals surface area contributed by atoms with Crippen molar-refractivity contribution >= 4 is 30.0 Å². The molecule has 9 heteroatoms. The summed E-state index contributed by atoms with van der Waals surface area (Å²) in [5.74, 6) is 0.883. The first-order valence-electron chi connectivity index (χ1n) is 5.70. The van der Waals surface area contributed by atoms with Crippen molar-refractivity contribution in [1.29, 1.82) is 0 Å². The molecule has 1 aromatic heterocycles. The molecule has 2 aromatic rings. The Kier molecular flexibility index (Phi) is 4.71. The Bertz CT molecular complexity index is 772. The second kappa shape index (κ2) is 6.51. The van der Waals surface area contributed by atoms with Gasteiger partial charge < -0.3 is 9.47 Å². The zero-order chi connectivity index (χ0) is 15.4. The lowest BCUT2D eigenvalue weighted by Gasteiger charge is -2.10. The van der Waals surface area contributed by atoms with Crippen LogP contribution < -0.4 is 15.0 Å². The normalized spacial score (nSPS) is 10.8. The summed E-state index contributed by atoms with van der Waals surface area (Å²) in [7, 11) is 2.99. The van der Waals surface area contributed by atoms with Gasteiger partial charge in [-0.15, -0.1) is 0 Å². The molecular formula is C12H11ClN4O3S. The van der Waals surface area contributed by atoms with Crippen LogP contribution in [0.2, 0.25) is 5.02 Å². The van der Waals surface area contributed by atoms with E-state index in [4.69, 9.17) is 33.3 Å². The second-order valence-corrected chi connectivity index (χ2v) is 4.54. The molecule has 0 unspecified atom stereocenters. The molecule has 0 aliphatic carbocycles. The van der Waals surface area contributed by atoms with Gasteiger partial charge in [0, 0.05) is 5.56 Å². The fraction of sp³-hybridized carbons (Fsp3) is 0.167. The number of nitrogens with one attached hydrogen (secondary N) is 1. The van der Waals surface area contributed by atoms with Gasteiger partial charge in [-0.05, 0) is 24.4 Å². The van der Waals surface area contributed by atoms with E-state index in [-0.39, 0.29) is 4.77 Å². The number of aromatic amines is 1. The highest BCUT2D eigenvalue weighted by atomic mass is 35.5. The lowest BCUT2D eigenvalue weighted by molar-refractivity contribution is 0.355. The van der Waals surface area contributed by atoms with Crippen molar-refractivity contribution in [3.63, 3.8) is 0 Å². The lowest BCUT2D eigenvalue weighted by Crippen LogP contribution is -2.18. The third-order valence-corrected chi connectivity index (χ3v) is 3.22. The maximum atomic E-state index is 11.6. The van der Waals surface area contributed by atoms with Crippen LogP contribution in [0.3, 0.4) is 0 Å². The van der Waals surface area contributed by atoms with Gasteiger partial charge in [0.15, 0.2) is 11.5 Å². The Morgan fingerprint density at radius 3 is 2.81 bits per heavy atom. The molecule has 1 aromatic carbocycles. The Labute approximate surface area is 129 Å². The molecule has 0 saturated carbocycles. The van der Waals surface area contributed by atoms with Gasteiger partial charge in [-0.2, -0.15) is 14.9 Å². The summed E-state index contributed by atoms with van der Waals surface area (Å²) in [6.07, 6.45) is 2.47. The van der Waals surface area contributed by atoms with Gasteiger partial charge in [-0.3, -0.25) is 9.89 Å². The minimum absolute atomic E-state index is 0.0790. The van der Waals surface area contributed by atoms with Gasteiger partial charge in [0.1, 0.15) is 6.20 Å². The summed E-state index contributed by atoms with van der Waals surface area (Å²) >= 11 is 11.1. The number of benzene rings is 1. The molecule has 7 nitrogen and oxygen atoms in total. The van der Waals surface area contributed by atoms with Crippen LogP contribution in [0.25, 0.3) is 0 Å². The number of nitrogens with zero attached hydrogens (tertiary/aromatic N) is 3. The van der Waals surface area contributed by atoms with Crippen molar-refractivity contribution < 1.29 is 9.47 Å². The van der Waals surface area contributed by atoms with Crippen LogP contribution >= 0.6 is 23.8 Å². The highest BCUT2D eigenvalue weighted by molar-refractivity contribution is 7.71. The first-order valence-corrected chi connectivity index (χ1v) is 6.48. The second-order valence-electron chi connectivity index (χ2n) is 3.77. The van der Waals surface area contributed by atoms with Gasteiger partial charge in [0.25, 0.3) is 5.56 Å². The van der Waals surface area contributed by atoms with Crippen LogP contribution in [0.1, 0.15) is 5.56 Å². The molecular weight excluding hydrogens is 316 g/mol. The zero-order valence-corrected chi connectivity index (χ0v) is 12.7. The predicted molar refractivity (Wildman–Crippen MR) is 81.2 cm³/mol. The molecule has 1 N–H and O–H groups in total. The summed E-state index contributed by atoms with van der Waals surface area (Å²) in [5, 5.41) is 10.3. The molecule has 1 heterocycles. The molecule has 0 radical (unpaired) electrons. The van der Waals surface area contributed by atoms with Crippen molar-refractivity contribution in [2.75, 3.05) is 14.2 Å².